The maximum atomic E-state index is 12.7. The summed E-state index contributed by atoms with van der Waals surface area (Å²) in [6.45, 7) is 10.1. The average molecular weight is 344 g/mol. The van der Waals surface area contributed by atoms with E-state index in [-0.39, 0.29) is 17.4 Å². The molecule has 1 N–H and O–H groups in total. The van der Waals surface area contributed by atoms with Gasteiger partial charge in [0.1, 0.15) is 0 Å². The maximum absolute atomic E-state index is 12.7. The van der Waals surface area contributed by atoms with E-state index in [1.54, 1.807) is 0 Å². The number of nitrogens with zero attached hydrogens (tertiary/aromatic N) is 2. The van der Waals surface area contributed by atoms with Crippen LogP contribution in [0.15, 0.2) is 24.3 Å². The molecule has 0 spiro atoms. The van der Waals surface area contributed by atoms with Crippen LogP contribution >= 0.6 is 0 Å². The molecule has 2 fully saturated rings. The Kier molecular flexibility index (Phi) is 5.38. The molecule has 0 radical (unpaired) electrons. The van der Waals surface area contributed by atoms with E-state index in [0.717, 1.165) is 51.9 Å². The van der Waals surface area contributed by atoms with Crippen molar-refractivity contribution in [2.24, 2.45) is 5.92 Å². The van der Waals surface area contributed by atoms with Crippen molar-refractivity contribution in [3.63, 3.8) is 0 Å². The maximum Gasteiger partial charge on any atom is 0.225 e. The highest BCUT2D eigenvalue weighted by Crippen LogP contribution is 2.28. The number of carbonyl (C=O) groups is 1. The molecule has 0 unspecified atom stereocenters. The summed E-state index contributed by atoms with van der Waals surface area (Å²) in [5.41, 5.74) is 2.78. The Morgan fingerprint density at radius 2 is 1.52 bits per heavy atom. The van der Waals surface area contributed by atoms with E-state index in [1.165, 1.54) is 11.3 Å². The zero-order valence-electron chi connectivity index (χ0n) is 15.9. The van der Waals surface area contributed by atoms with Crippen molar-refractivity contribution in [2.75, 3.05) is 31.1 Å². The van der Waals surface area contributed by atoms with Gasteiger partial charge in [-0.3, -0.25) is 4.79 Å². The molecule has 4 heteroatoms. The highest BCUT2D eigenvalue weighted by molar-refractivity contribution is 5.79. The number of aliphatic hydroxyl groups excluding tert-OH is 1. The summed E-state index contributed by atoms with van der Waals surface area (Å²) in [7, 11) is 0. The summed E-state index contributed by atoms with van der Waals surface area (Å²) >= 11 is 0. The molecule has 1 aliphatic carbocycles. The van der Waals surface area contributed by atoms with Crippen LogP contribution in [0, 0.1) is 5.92 Å². The number of anilines is 1. The van der Waals surface area contributed by atoms with Crippen LogP contribution in [0.2, 0.25) is 0 Å². The van der Waals surface area contributed by atoms with Crippen LogP contribution < -0.4 is 4.90 Å². The Labute approximate surface area is 151 Å². The molecule has 0 aromatic heterocycles. The van der Waals surface area contributed by atoms with Gasteiger partial charge < -0.3 is 14.9 Å². The first-order chi connectivity index (χ1) is 11.8. The van der Waals surface area contributed by atoms with Crippen molar-refractivity contribution in [1.29, 1.82) is 0 Å². The minimum Gasteiger partial charge on any atom is -0.393 e. The molecule has 1 saturated carbocycles. The molecule has 1 amide bonds. The van der Waals surface area contributed by atoms with Gasteiger partial charge in [-0.1, -0.05) is 32.9 Å². The first-order valence-corrected chi connectivity index (χ1v) is 9.67. The molecule has 4 nitrogen and oxygen atoms in total. The van der Waals surface area contributed by atoms with E-state index in [4.69, 9.17) is 0 Å². The van der Waals surface area contributed by atoms with Crippen LogP contribution in [0.25, 0.3) is 0 Å². The Morgan fingerprint density at radius 1 is 0.960 bits per heavy atom. The number of piperazine rings is 1. The number of rotatable bonds is 2. The van der Waals surface area contributed by atoms with E-state index >= 15 is 0 Å². The van der Waals surface area contributed by atoms with Crippen LogP contribution in [-0.2, 0) is 10.2 Å². The average Bonchev–Trinajstić information content (AvgIpc) is 2.61. The van der Waals surface area contributed by atoms with Gasteiger partial charge in [0.15, 0.2) is 0 Å². The molecule has 1 aromatic carbocycles. The van der Waals surface area contributed by atoms with Gasteiger partial charge in [0.05, 0.1) is 6.10 Å². The number of hydrogen-bond donors (Lipinski definition) is 1. The van der Waals surface area contributed by atoms with Gasteiger partial charge in [-0.25, -0.2) is 0 Å². The van der Waals surface area contributed by atoms with Gasteiger partial charge >= 0.3 is 0 Å². The lowest BCUT2D eigenvalue weighted by Gasteiger charge is -2.38. The predicted octanol–water partition coefficient (Wildman–Crippen LogP) is 3.18. The van der Waals surface area contributed by atoms with Gasteiger partial charge in [-0.05, 0) is 48.8 Å². The lowest BCUT2D eigenvalue weighted by molar-refractivity contribution is -0.137. The summed E-state index contributed by atoms with van der Waals surface area (Å²) in [6.07, 6.45) is 3.03. The summed E-state index contributed by atoms with van der Waals surface area (Å²) in [5, 5.41) is 9.62. The van der Waals surface area contributed by atoms with Crippen LogP contribution in [0.3, 0.4) is 0 Å². The fourth-order valence-corrected chi connectivity index (χ4v) is 3.94. The number of amides is 1. The molecule has 1 aromatic rings. The highest BCUT2D eigenvalue weighted by atomic mass is 16.3. The van der Waals surface area contributed by atoms with E-state index in [9.17, 15) is 9.90 Å². The van der Waals surface area contributed by atoms with Crippen LogP contribution in [0.5, 0.6) is 0 Å². The molecular formula is C21H32N2O2. The van der Waals surface area contributed by atoms with E-state index in [2.05, 4.69) is 49.9 Å². The molecule has 2 aliphatic rings. The van der Waals surface area contributed by atoms with E-state index in [1.807, 2.05) is 4.90 Å². The SMILES string of the molecule is CC(C)(C)c1ccc(N2CCN(C(=O)C3CCC(O)CC3)CC2)cc1. The lowest BCUT2D eigenvalue weighted by atomic mass is 9.86. The Hall–Kier alpha value is -1.55. The molecule has 1 saturated heterocycles. The standard InChI is InChI=1S/C21H32N2O2/c1-21(2,3)17-6-8-18(9-7-17)22-12-14-23(15-13-22)20(25)16-4-10-19(24)11-5-16/h6-9,16,19,24H,4-5,10-15H2,1-3H3. The summed E-state index contributed by atoms with van der Waals surface area (Å²) in [5.74, 6) is 0.427. The number of aliphatic hydroxyl groups is 1. The van der Waals surface area contributed by atoms with Crippen molar-refractivity contribution in [1.82, 2.24) is 4.90 Å². The third-order valence-electron chi connectivity index (χ3n) is 5.74. The Morgan fingerprint density at radius 3 is 2.04 bits per heavy atom. The van der Waals surface area contributed by atoms with Crippen molar-refractivity contribution in [3.05, 3.63) is 29.8 Å². The minimum atomic E-state index is -0.197. The van der Waals surface area contributed by atoms with Gasteiger partial charge in [-0.2, -0.15) is 0 Å². The second-order valence-corrected chi connectivity index (χ2v) is 8.61. The Balaban J connectivity index is 1.54. The van der Waals surface area contributed by atoms with Crippen molar-refractivity contribution in [3.8, 4) is 0 Å². The lowest BCUT2D eigenvalue weighted by Crippen LogP contribution is -2.50. The first-order valence-electron chi connectivity index (χ1n) is 9.67. The fraction of sp³-hybridized carbons (Fsp3) is 0.667. The fourth-order valence-electron chi connectivity index (χ4n) is 3.94. The monoisotopic (exact) mass is 344 g/mol. The third kappa shape index (κ3) is 4.35. The zero-order valence-corrected chi connectivity index (χ0v) is 15.9. The van der Waals surface area contributed by atoms with Crippen molar-refractivity contribution >= 4 is 11.6 Å². The largest absolute Gasteiger partial charge is 0.393 e. The first kappa shape index (κ1) is 18.2. The second-order valence-electron chi connectivity index (χ2n) is 8.61. The number of carbonyl (C=O) groups excluding carboxylic acids is 1. The van der Waals surface area contributed by atoms with E-state index in [0.29, 0.717) is 5.91 Å². The third-order valence-corrected chi connectivity index (χ3v) is 5.74. The number of benzene rings is 1. The van der Waals surface area contributed by atoms with Gasteiger partial charge in [0, 0.05) is 37.8 Å². The normalized spacial score (nSPS) is 25.1. The van der Waals surface area contributed by atoms with Gasteiger partial charge in [-0.15, -0.1) is 0 Å². The molecule has 3 rings (SSSR count). The molecule has 25 heavy (non-hydrogen) atoms. The molecule has 0 atom stereocenters. The smallest absolute Gasteiger partial charge is 0.225 e. The number of hydrogen-bond acceptors (Lipinski definition) is 3. The summed E-state index contributed by atoms with van der Waals surface area (Å²) in [4.78, 5) is 17.1. The van der Waals surface area contributed by atoms with Crippen LogP contribution in [-0.4, -0.2) is 48.2 Å². The predicted molar refractivity (Wildman–Crippen MR) is 102 cm³/mol. The molecular weight excluding hydrogens is 312 g/mol. The Bertz CT molecular complexity index is 575. The zero-order chi connectivity index (χ0) is 18.0. The van der Waals surface area contributed by atoms with Crippen LogP contribution in [0.4, 0.5) is 5.69 Å². The second kappa shape index (κ2) is 7.36. The van der Waals surface area contributed by atoms with Gasteiger partial charge in [0.25, 0.3) is 0 Å². The van der Waals surface area contributed by atoms with E-state index < -0.39 is 0 Å². The summed E-state index contributed by atoms with van der Waals surface area (Å²) < 4.78 is 0. The minimum absolute atomic E-state index is 0.126. The quantitative estimate of drug-likeness (QED) is 0.896. The summed E-state index contributed by atoms with van der Waals surface area (Å²) in [6, 6.07) is 8.86. The topological polar surface area (TPSA) is 43.8 Å². The van der Waals surface area contributed by atoms with Crippen molar-refractivity contribution in [2.45, 2.75) is 58.0 Å². The molecule has 1 aliphatic heterocycles. The van der Waals surface area contributed by atoms with Crippen LogP contribution in [0.1, 0.15) is 52.0 Å². The van der Waals surface area contributed by atoms with Gasteiger partial charge in [0.2, 0.25) is 5.91 Å². The molecule has 0 bridgehead atoms. The molecule has 1 heterocycles. The highest BCUT2D eigenvalue weighted by Gasteiger charge is 2.30. The molecule has 138 valence electrons. The van der Waals surface area contributed by atoms with Crippen molar-refractivity contribution < 1.29 is 9.90 Å².